The first kappa shape index (κ1) is 17.4. The first-order chi connectivity index (χ1) is 12.6. The van der Waals surface area contributed by atoms with Crippen LogP contribution >= 0.6 is 0 Å². The van der Waals surface area contributed by atoms with Crippen LogP contribution in [0.25, 0.3) is 0 Å². The van der Waals surface area contributed by atoms with Gasteiger partial charge in [0.2, 0.25) is 5.91 Å². The molecule has 132 valence electrons. The Labute approximate surface area is 151 Å². The van der Waals surface area contributed by atoms with Gasteiger partial charge in [0.15, 0.2) is 0 Å². The Kier molecular flexibility index (Phi) is 5.08. The molecule has 1 aliphatic heterocycles. The van der Waals surface area contributed by atoms with Crippen LogP contribution in [0.5, 0.6) is 0 Å². The lowest BCUT2D eigenvalue weighted by atomic mass is 10.2. The molecule has 0 aliphatic carbocycles. The molecule has 2 heterocycles. The van der Waals surface area contributed by atoms with E-state index in [2.05, 4.69) is 21.4 Å². The molecule has 3 rings (SSSR count). The van der Waals surface area contributed by atoms with E-state index >= 15 is 0 Å². The summed E-state index contributed by atoms with van der Waals surface area (Å²) in [6, 6.07) is 10.6. The second-order valence-corrected chi connectivity index (χ2v) is 5.90. The number of hydrogen-bond donors (Lipinski definition) is 1. The number of anilines is 2. The van der Waals surface area contributed by atoms with Gasteiger partial charge in [0, 0.05) is 44.9 Å². The molecule has 1 aromatic heterocycles. The number of piperazine rings is 1. The maximum atomic E-state index is 12.6. The molecule has 0 saturated carbocycles. The molecule has 0 bridgehead atoms. The van der Waals surface area contributed by atoms with Crippen LogP contribution in [0.15, 0.2) is 36.7 Å². The average molecular weight is 350 g/mol. The fourth-order valence-electron chi connectivity index (χ4n) is 2.71. The lowest BCUT2D eigenvalue weighted by Gasteiger charge is -2.34. The van der Waals surface area contributed by atoms with Gasteiger partial charge in [0.25, 0.3) is 5.91 Å². The quantitative estimate of drug-likeness (QED) is 0.897. The molecule has 2 amide bonds. The Balaban J connectivity index is 1.67. The van der Waals surface area contributed by atoms with Crippen LogP contribution < -0.4 is 5.32 Å². The monoisotopic (exact) mass is 350 g/mol. The lowest BCUT2D eigenvalue weighted by Crippen LogP contribution is -2.50. The Morgan fingerprint density at radius 1 is 1.08 bits per heavy atom. The topological polar surface area (TPSA) is 102 Å². The fourth-order valence-corrected chi connectivity index (χ4v) is 2.71. The van der Waals surface area contributed by atoms with Crippen molar-refractivity contribution in [2.75, 3.05) is 31.5 Å². The number of nitriles is 1. The van der Waals surface area contributed by atoms with Crippen LogP contribution in [0.3, 0.4) is 0 Å². The molecule has 1 aromatic carbocycles. The minimum Gasteiger partial charge on any atom is -0.340 e. The Hall–Kier alpha value is -3.47. The maximum Gasteiger partial charge on any atom is 0.272 e. The summed E-state index contributed by atoms with van der Waals surface area (Å²) >= 11 is 0. The second-order valence-electron chi connectivity index (χ2n) is 5.90. The molecule has 0 spiro atoms. The van der Waals surface area contributed by atoms with E-state index in [4.69, 9.17) is 5.26 Å². The zero-order valence-corrected chi connectivity index (χ0v) is 14.3. The number of nitrogens with one attached hydrogen (secondary N) is 1. The van der Waals surface area contributed by atoms with Crippen molar-refractivity contribution in [1.29, 1.82) is 5.26 Å². The van der Waals surface area contributed by atoms with Crippen molar-refractivity contribution in [2.45, 2.75) is 6.92 Å². The van der Waals surface area contributed by atoms with Gasteiger partial charge in [-0.05, 0) is 24.3 Å². The first-order valence-electron chi connectivity index (χ1n) is 8.21. The number of rotatable bonds is 3. The first-order valence-corrected chi connectivity index (χ1v) is 8.21. The van der Waals surface area contributed by atoms with E-state index in [9.17, 15) is 9.59 Å². The van der Waals surface area contributed by atoms with Crippen LogP contribution in [0.1, 0.15) is 23.0 Å². The zero-order valence-electron chi connectivity index (χ0n) is 14.3. The summed E-state index contributed by atoms with van der Waals surface area (Å²) in [5.74, 6) is 0.335. The van der Waals surface area contributed by atoms with Gasteiger partial charge in [0.05, 0.1) is 11.6 Å². The fraction of sp³-hybridized carbons (Fsp3) is 0.278. The highest BCUT2D eigenvalue weighted by atomic mass is 16.2. The van der Waals surface area contributed by atoms with Gasteiger partial charge in [-0.1, -0.05) is 0 Å². The van der Waals surface area contributed by atoms with Crippen molar-refractivity contribution in [2.24, 2.45) is 0 Å². The van der Waals surface area contributed by atoms with Gasteiger partial charge < -0.3 is 15.1 Å². The number of nitrogens with zero attached hydrogens (tertiary/aromatic N) is 5. The molecule has 1 aliphatic rings. The SMILES string of the molecule is CC(=O)N1CCN(C(=O)c2cc(Nc3ccc(C#N)cc3)ncn2)CC1. The number of hydrogen-bond acceptors (Lipinski definition) is 6. The minimum absolute atomic E-state index is 0.0213. The minimum atomic E-state index is -0.182. The molecule has 1 saturated heterocycles. The summed E-state index contributed by atoms with van der Waals surface area (Å²) < 4.78 is 0. The predicted molar refractivity (Wildman–Crippen MR) is 94.6 cm³/mol. The molecular weight excluding hydrogens is 332 g/mol. The average Bonchev–Trinajstić information content (AvgIpc) is 2.68. The zero-order chi connectivity index (χ0) is 18.5. The van der Waals surface area contributed by atoms with E-state index in [-0.39, 0.29) is 11.8 Å². The molecule has 0 unspecified atom stereocenters. The summed E-state index contributed by atoms with van der Waals surface area (Å²) in [5, 5.41) is 11.9. The summed E-state index contributed by atoms with van der Waals surface area (Å²) in [6.45, 7) is 3.57. The van der Waals surface area contributed by atoms with Crippen molar-refractivity contribution >= 4 is 23.3 Å². The van der Waals surface area contributed by atoms with Crippen LogP contribution in [0.4, 0.5) is 11.5 Å². The number of aromatic nitrogens is 2. The summed E-state index contributed by atoms with van der Waals surface area (Å²) in [6.07, 6.45) is 1.34. The van der Waals surface area contributed by atoms with Gasteiger partial charge in [-0.25, -0.2) is 9.97 Å². The third kappa shape index (κ3) is 3.95. The van der Waals surface area contributed by atoms with Crippen LogP contribution in [0, 0.1) is 11.3 Å². The molecule has 26 heavy (non-hydrogen) atoms. The summed E-state index contributed by atoms with van der Waals surface area (Å²) in [5.41, 5.74) is 1.63. The molecule has 0 atom stereocenters. The van der Waals surface area contributed by atoms with Crippen molar-refractivity contribution in [3.63, 3.8) is 0 Å². The standard InChI is InChI=1S/C18H18N6O2/c1-13(25)23-6-8-24(9-7-23)18(26)16-10-17(21-12-20-16)22-15-4-2-14(11-19)3-5-15/h2-5,10,12H,6-9H2,1H3,(H,20,21,22). The van der Waals surface area contributed by atoms with Crippen molar-refractivity contribution in [1.82, 2.24) is 19.8 Å². The van der Waals surface area contributed by atoms with E-state index in [0.29, 0.717) is 43.3 Å². The molecule has 0 radical (unpaired) electrons. The third-order valence-electron chi connectivity index (χ3n) is 4.18. The van der Waals surface area contributed by atoms with Crippen LogP contribution in [0.2, 0.25) is 0 Å². The highest BCUT2D eigenvalue weighted by molar-refractivity contribution is 5.93. The van der Waals surface area contributed by atoms with Gasteiger partial charge in [-0.3, -0.25) is 9.59 Å². The van der Waals surface area contributed by atoms with Crippen LogP contribution in [-0.4, -0.2) is 57.8 Å². The number of carbonyl (C=O) groups is 2. The normalized spacial score (nSPS) is 13.8. The van der Waals surface area contributed by atoms with E-state index in [1.807, 2.05) is 0 Å². The lowest BCUT2D eigenvalue weighted by molar-refractivity contribution is -0.130. The Bertz CT molecular complexity index is 851. The highest BCUT2D eigenvalue weighted by Crippen LogP contribution is 2.16. The Morgan fingerprint density at radius 2 is 1.73 bits per heavy atom. The predicted octanol–water partition coefficient (Wildman–Crippen LogP) is 1.40. The van der Waals surface area contributed by atoms with Gasteiger partial charge >= 0.3 is 0 Å². The van der Waals surface area contributed by atoms with Gasteiger partial charge in [-0.15, -0.1) is 0 Å². The van der Waals surface area contributed by atoms with Gasteiger partial charge in [-0.2, -0.15) is 5.26 Å². The number of benzene rings is 1. The largest absolute Gasteiger partial charge is 0.340 e. The highest BCUT2D eigenvalue weighted by Gasteiger charge is 2.24. The van der Waals surface area contributed by atoms with Crippen molar-refractivity contribution in [3.05, 3.63) is 47.9 Å². The van der Waals surface area contributed by atoms with Gasteiger partial charge in [0.1, 0.15) is 17.8 Å². The van der Waals surface area contributed by atoms with E-state index in [1.165, 1.54) is 13.3 Å². The van der Waals surface area contributed by atoms with Crippen molar-refractivity contribution in [3.8, 4) is 6.07 Å². The smallest absolute Gasteiger partial charge is 0.272 e. The summed E-state index contributed by atoms with van der Waals surface area (Å²) in [4.78, 5) is 35.6. The Morgan fingerprint density at radius 3 is 2.35 bits per heavy atom. The molecular formula is C18H18N6O2. The third-order valence-corrected chi connectivity index (χ3v) is 4.18. The molecule has 8 nitrogen and oxygen atoms in total. The molecule has 1 fully saturated rings. The molecule has 1 N–H and O–H groups in total. The van der Waals surface area contributed by atoms with E-state index in [1.54, 1.807) is 40.1 Å². The van der Waals surface area contributed by atoms with Crippen LogP contribution in [-0.2, 0) is 4.79 Å². The van der Waals surface area contributed by atoms with E-state index < -0.39 is 0 Å². The summed E-state index contributed by atoms with van der Waals surface area (Å²) in [7, 11) is 0. The number of carbonyl (C=O) groups excluding carboxylic acids is 2. The van der Waals surface area contributed by atoms with E-state index in [0.717, 1.165) is 5.69 Å². The maximum absolute atomic E-state index is 12.6. The number of amides is 2. The van der Waals surface area contributed by atoms with Crippen molar-refractivity contribution < 1.29 is 9.59 Å². The molecule has 2 aromatic rings. The molecule has 8 heteroatoms. The second kappa shape index (κ2) is 7.61.